The van der Waals surface area contributed by atoms with Gasteiger partial charge < -0.3 is 0 Å². The normalized spacial score (nSPS) is 17.3. The molecule has 0 saturated carbocycles. The number of allylic oxidation sites excluding steroid dienone is 1. The van der Waals surface area contributed by atoms with Crippen LogP contribution >= 0.6 is 0 Å². The Bertz CT molecular complexity index is 1370. The maximum absolute atomic E-state index is 13.8. The third kappa shape index (κ3) is 5.93. The summed E-state index contributed by atoms with van der Waals surface area (Å²) in [5, 5.41) is 0. The second-order valence-electron chi connectivity index (χ2n) is 9.57. The van der Waals surface area contributed by atoms with Crippen molar-refractivity contribution in [2.75, 3.05) is 0 Å². The van der Waals surface area contributed by atoms with Crippen molar-refractivity contribution in [2.24, 2.45) is 0 Å². The van der Waals surface area contributed by atoms with E-state index in [1.165, 1.54) is 0 Å². The van der Waals surface area contributed by atoms with Crippen LogP contribution in [0.25, 0.3) is 0 Å². The first-order valence-corrected chi connectivity index (χ1v) is 11.0. The van der Waals surface area contributed by atoms with Crippen LogP contribution in [0.15, 0.2) is 11.9 Å². The lowest BCUT2D eigenvalue weighted by Gasteiger charge is -2.45. The molecule has 0 N–H and O–H groups in total. The van der Waals surface area contributed by atoms with E-state index in [0.29, 0.717) is 0 Å². The van der Waals surface area contributed by atoms with Crippen molar-refractivity contribution in [3.05, 3.63) is 11.9 Å². The average molecular weight is 882 g/mol. The highest BCUT2D eigenvalue weighted by Gasteiger charge is 2.99. The van der Waals surface area contributed by atoms with Gasteiger partial charge in [-0.15, -0.1) is 0 Å². The van der Waals surface area contributed by atoms with E-state index in [4.69, 9.17) is 0 Å². The van der Waals surface area contributed by atoms with Crippen LogP contribution in [0.3, 0.4) is 0 Å². The second-order valence-corrected chi connectivity index (χ2v) is 9.57. The summed E-state index contributed by atoms with van der Waals surface area (Å²) in [6.07, 6.45) is -21.6. The van der Waals surface area contributed by atoms with Crippen LogP contribution < -0.4 is 0 Å². The summed E-state index contributed by atoms with van der Waals surface area (Å²) in [5.41, 5.74) is 0. The van der Waals surface area contributed by atoms with Crippen molar-refractivity contribution in [3.8, 4) is 0 Å². The van der Waals surface area contributed by atoms with Crippen molar-refractivity contribution in [1.29, 1.82) is 0 Å². The SMILES string of the molecule is FC(F)=C(F)C(F)(F)C(F)(F)C(F)(F)C(F)(F)C(F)(F)C(F)C(F)(F)C(F)(F)C(F)(F)C(F)(F)C(F)(F)C(F)(F)C(F)(F)C(F)(F)C(F)(F)C(F)(F)F. The number of halogens is 35. The Morgan fingerprint density at radius 2 is 0.453 bits per heavy atom. The molecular formula is C18HF35. The minimum Gasteiger partial charge on any atom is -0.234 e. The highest BCUT2D eigenvalue weighted by Crippen LogP contribution is 2.68. The fraction of sp³-hybridized carbons (Fsp3) is 0.889. The monoisotopic (exact) mass is 882 g/mol. The lowest BCUT2D eigenvalue weighted by molar-refractivity contribution is -0.478. The van der Waals surface area contributed by atoms with E-state index in [1.807, 2.05) is 0 Å². The Morgan fingerprint density at radius 1 is 0.264 bits per heavy atom. The fourth-order valence-electron chi connectivity index (χ4n) is 2.98. The van der Waals surface area contributed by atoms with Crippen molar-refractivity contribution >= 4 is 0 Å². The van der Waals surface area contributed by atoms with E-state index in [9.17, 15) is 154 Å². The van der Waals surface area contributed by atoms with E-state index >= 15 is 0 Å². The molecule has 0 aliphatic rings. The average Bonchev–Trinajstić information content (AvgIpc) is 2.93. The number of hydrogen-bond donors (Lipinski definition) is 0. The molecule has 0 bridgehead atoms. The van der Waals surface area contributed by atoms with Gasteiger partial charge in [0.15, 0.2) is 0 Å². The van der Waals surface area contributed by atoms with Crippen LogP contribution in [0.5, 0.6) is 0 Å². The van der Waals surface area contributed by atoms with Gasteiger partial charge in [-0.25, -0.2) is 4.39 Å². The molecule has 0 aliphatic carbocycles. The van der Waals surface area contributed by atoms with E-state index in [1.54, 1.807) is 0 Å². The molecule has 0 radical (unpaired) electrons. The van der Waals surface area contributed by atoms with Crippen LogP contribution in [-0.2, 0) is 0 Å². The lowest BCUT2D eigenvalue weighted by atomic mass is 9.83. The Morgan fingerprint density at radius 3 is 0.660 bits per heavy atom. The van der Waals surface area contributed by atoms with E-state index in [-0.39, 0.29) is 0 Å². The molecule has 1 atom stereocenters. The number of rotatable bonds is 15. The summed E-state index contributed by atoms with van der Waals surface area (Å²) in [5.74, 6) is -138. The molecule has 0 aliphatic heterocycles. The maximum Gasteiger partial charge on any atom is 0.460 e. The van der Waals surface area contributed by atoms with Gasteiger partial charge in [-0.3, -0.25) is 0 Å². The Hall–Kier alpha value is -2.71. The molecule has 0 rings (SSSR count). The summed E-state index contributed by atoms with van der Waals surface area (Å²) in [6, 6.07) is 0. The molecule has 0 nitrogen and oxygen atoms in total. The second kappa shape index (κ2) is 12.4. The van der Waals surface area contributed by atoms with Crippen LogP contribution in [-0.4, -0.2) is 95.3 Å². The predicted octanol–water partition coefficient (Wildman–Crippen LogP) is 11.9. The van der Waals surface area contributed by atoms with Gasteiger partial charge in [0.1, 0.15) is 0 Å². The first-order valence-electron chi connectivity index (χ1n) is 11.0. The third-order valence-corrected chi connectivity index (χ3v) is 6.21. The number of alkyl halides is 32. The van der Waals surface area contributed by atoms with E-state index in [2.05, 4.69) is 0 Å². The van der Waals surface area contributed by atoms with Gasteiger partial charge in [-0.1, -0.05) is 0 Å². The van der Waals surface area contributed by atoms with Gasteiger partial charge in [-0.2, -0.15) is 149 Å². The summed E-state index contributed by atoms with van der Waals surface area (Å²) < 4.78 is 463. The molecule has 0 aromatic rings. The van der Waals surface area contributed by atoms with Gasteiger partial charge in [0.05, 0.1) is 0 Å². The molecule has 35 heteroatoms. The van der Waals surface area contributed by atoms with Gasteiger partial charge >= 0.3 is 95.2 Å². The van der Waals surface area contributed by atoms with Crippen molar-refractivity contribution in [2.45, 2.75) is 95.3 Å². The predicted molar refractivity (Wildman–Crippen MR) is 90.6 cm³/mol. The highest BCUT2D eigenvalue weighted by atomic mass is 19.4. The largest absolute Gasteiger partial charge is 0.460 e. The zero-order valence-electron chi connectivity index (χ0n) is 22.3. The molecule has 1 unspecified atom stereocenters. The molecule has 0 fully saturated rings. The zero-order chi connectivity index (χ0) is 44.2. The highest BCUT2D eigenvalue weighted by molar-refractivity contribution is 5.22. The van der Waals surface area contributed by atoms with Gasteiger partial charge in [0.25, 0.3) is 0 Å². The quantitative estimate of drug-likeness (QED) is 0.144. The van der Waals surface area contributed by atoms with Crippen molar-refractivity contribution in [1.82, 2.24) is 0 Å². The van der Waals surface area contributed by atoms with Gasteiger partial charge in [0.2, 0.25) is 12.0 Å². The molecule has 0 saturated heterocycles. The Labute approximate surface area is 262 Å². The van der Waals surface area contributed by atoms with Crippen LogP contribution in [0.1, 0.15) is 0 Å². The summed E-state index contributed by atoms with van der Waals surface area (Å²) in [6.45, 7) is 0. The molecule has 53 heavy (non-hydrogen) atoms. The number of hydrogen-bond acceptors (Lipinski definition) is 0. The minimum atomic E-state index is -10.1. The van der Waals surface area contributed by atoms with E-state index in [0.717, 1.165) is 0 Å². The molecule has 318 valence electrons. The summed E-state index contributed by atoms with van der Waals surface area (Å²) in [7, 11) is 0. The maximum atomic E-state index is 13.8. The molecule has 0 heterocycles. The van der Waals surface area contributed by atoms with Crippen molar-refractivity contribution in [3.63, 3.8) is 0 Å². The topological polar surface area (TPSA) is 0 Å². The molecule has 0 aromatic carbocycles. The van der Waals surface area contributed by atoms with Gasteiger partial charge in [0, 0.05) is 0 Å². The minimum absolute atomic E-state index is 4.95. The zero-order valence-corrected chi connectivity index (χ0v) is 22.3. The molecule has 0 amide bonds. The first-order chi connectivity index (χ1) is 22.3. The third-order valence-electron chi connectivity index (χ3n) is 6.21. The van der Waals surface area contributed by atoms with Crippen LogP contribution in [0.4, 0.5) is 154 Å². The Balaban J connectivity index is 7.61. The molecular weight excluding hydrogens is 881 g/mol. The summed E-state index contributed by atoms with van der Waals surface area (Å²) in [4.78, 5) is 0. The molecule has 0 spiro atoms. The smallest absolute Gasteiger partial charge is 0.234 e. The lowest BCUT2D eigenvalue weighted by Crippen LogP contribution is -2.78. The van der Waals surface area contributed by atoms with E-state index < -0.39 is 107 Å². The first kappa shape index (κ1) is 50.3. The standard InChI is InChI=1S/C18HF35/c19-1(2(20)21)4(23,24)7(29,30)10(35,36)8(31,32)5(25,26)3(22)6(27,28)9(33,34)11(37,38)12(39,40)13(41,42)14(43,44)15(45,46)16(47,48)17(49,50)18(51,52)53/h3H. The molecule has 0 aromatic heterocycles. The van der Waals surface area contributed by atoms with Crippen LogP contribution in [0, 0.1) is 0 Å². The fourth-order valence-corrected chi connectivity index (χ4v) is 2.98. The van der Waals surface area contributed by atoms with Crippen LogP contribution in [0.2, 0.25) is 0 Å². The van der Waals surface area contributed by atoms with Gasteiger partial charge in [-0.05, 0) is 0 Å². The Kier molecular flexibility index (Phi) is 11.8. The van der Waals surface area contributed by atoms with Crippen molar-refractivity contribution < 1.29 is 154 Å². The summed E-state index contributed by atoms with van der Waals surface area (Å²) >= 11 is 0.